The zero-order valence-electron chi connectivity index (χ0n) is 12.0. The Bertz CT molecular complexity index is 853. The van der Waals surface area contributed by atoms with Gasteiger partial charge in [0.1, 0.15) is 0 Å². The maximum Gasteiger partial charge on any atom is 0.277 e. The molecule has 0 aliphatic carbocycles. The van der Waals surface area contributed by atoms with Crippen LogP contribution in [0.4, 0.5) is 5.69 Å². The molecule has 3 nitrogen and oxygen atoms in total. The molecule has 104 valence electrons. The monoisotopic (exact) mass is 277 g/mol. The van der Waals surface area contributed by atoms with Crippen molar-refractivity contribution >= 4 is 16.5 Å². The fraction of sp³-hybridized carbons (Fsp3) is 0.111. The van der Waals surface area contributed by atoms with Gasteiger partial charge in [-0.15, -0.1) is 0 Å². The van der Waals surface area contributed by atoms with Crippen LogP contribution in [-0.2, 0) is 0 Å². The summed E-state index contributed by atoms with van der Waals surface area (Å²) in [7, 11) is 0. The van der Waals surface area contributed by atoms with Crippen molar-refractivity contribution in [3.63, 3.8) is 0 Å². The summed E-state index contributed by atoms with van der Waals surface area (Å²) in [6.07, 6.45) is 0. The highest BCUT2D eigenvalue weighted by Gasteiger charge is 2.20. The van der Waals surface area contributed by atoms with Gasteiger partial charge in [-0.2, -0.15) is 0 Å². The summed E-state index contributed by atoms with van der Waals surface area (Å²) < 4.78 is 0. The number of benzene rings is 3. The quantitative estimate of drug-likeness (QED) is 0.487. The molecule has 0 radical (unpaired) electrons. The second kappa shape index (κ2) is 5.02. The second-order valence-electron chi connectivity index (χ2n) is 5.20. The Labute approximate surface area is 123 Å². The molecule has 0 heterocycles. The number of aryl methyl sites for hydroxylation is 2. The van der Waals surface area contributed by atoms with E-state index < -0.39 is 0 Å². The molecule has 0 saturated carbocycles. The molecule has 0 fully saturated rings. The molecule has 3 rings (SSSR count). The molecule has 0 saturated heterocycles. The van der Waals surface area contributed by atoms with Gasteiger partial charge >= 0.3 is 0 Å². The van der Waals surface area contributed by atoms with E-state index >= 15 is 0 Å². The zero-order chi connectivity index (χ0) is 15.0. The third-order valence-electron chi connectivity index (χ3n) is 3.83. The van der Waals surface area contributed by atoms with E-state index in [1.54, 1.807) is 12.1 Å². The van der Waals surface area contributed by atoms with E-state index in [0.717, 1.165) is 33.0 Å². The van der Waals surface area contributed by atoms with Crippen LogP contribution in [0.3, 0.4) is 0 Å². The smallest absolute Gasteiger partial charge is 0.258 e. The summed E-state index contributed by atoms with van der Waals surface area (Å²) >= 11 is 0. The summed E-state index contributed by atoms with van der Waals surface area (Å²) in [5.74, 6) is 0. The first-order valence-electron chi connectivity index (χ1n) is 6.82. The molecule has 0 unspecified atom stereocenters. The summed E-state index contributed by atoms with van der Waals surface area (Å²) in [5.41, 5.74) is 3.80. The molecule has 0 spiro atoms. The predicted molar refractivity (Wildman–Crippen MR) is 85.5 cm³/mol. The Morgan fingerprint density at radius 1 is 0.810 bits per heavy atom. The van der Waals surface area contributed by atoms with Crippen molar-refractivity contribution in [3.8, 4) is 11.1 Å². The topological polar surface area (TPSA) is 43.1 Å². The lowest BCUT2D eigenvalue weighted by atomic mass is 9.90. The van der Waals surface area contributed by atoms with Crippen LogP contribution in [0.2, 0.25) is 0 Å². The van der Waals surface area contributed by atoms with Gasteiger partial charge in [0, 0.05) is 6.07 Å². The maximum atomic E-state index is 11.4. The molecule has 0 amide bonds. The van der Waals surface area contributed by atoms with E-state index in [2.05, 4.69) is 6.07 Å². The lowest BCUT2D eigenvalue weighted by Gasteiger charge is -2.13. The highest BCUT2D eigenvalue weighted by molar-refractivity contribution is 6.01. The third kappa shape index (κ3) is 2.17. The average molecular weight is 277 g/mol. The Hall–Kier alpha value is -2.68. The average Bonchev–Trinajstić information content (AvgIpc) is 2.47. The number of rotatable bonds is 2. The van der Waals surface area contributed by atoms with E-state index in [0.29, 0.717) is 0 Å². The van der Waals surface area contributed by atoms with Crippen LogP contribution in [0.5, 0.6) is 0 Å². The maximum absolute atomic E-state index is 11.4. The van der Waals surface area contributed by atoms with Gasteiger partial charge in [-0.1, -0.05) is 48.5 Å². The van der Waals surface area contributed by atoms with Gasteiger partial charge in [-0.25, -0.2) is 0 Å². The van der Waals surface area contributed by atoms with Gasteiger partial charge in [0.15, 0.2) is 0 Å². The van der Waals surface area contributed by atoms with Crippen LogP contribution in [0.15, 0.2) is 54.6 Å². The highest BCUT2D eigenvalue weighted by atomic mass is 16.6. The Morgan fingerprint density at radius 2 is 1.52 bits per heavy atom. The van der Waals surface area contributed by atoms with Crippen LogP contribution in [0.25, 0.3) is 21.9 Å². The van der Waals surface area contributed by atoms with Gasteiger partial charge in [0.25, 0.3) is 5.69 Å². The minimum Gasteiger partial charge on any atom is -0.258 e. The van der Waals surface area contributed by atoms with E-state index in [1.807, 2.05) is 50.2 Å². The molecular weight excluding hydrogens is 262 g/mol. The fourth-order valence-corrected chi connectivity index (χ4v) is 2.84. The fourth-order valence-electron chi connectivity index (χ4n) is 2.84. The van der Waals surface area contributed by atoms with Crippen LogP contribution in [0, 0.1) is 24.0 Å². The number of hydrogen-bond donors (Lipinski definition) is 0. The van der Waals surface area contributed by atoms with Gasteiger partial charge in [-0.05, 0) is 41.3 Å². The van der Waals surface area contributed by atoms with Crippen molar-refractivity contribution in [1.29, 1.82) is 0 Å². The van der Waals surface area contributed by atoms with Crippen molar-refractivity contribution in [2.24, 2.45) is 0 Å². The minimum absolute atomic E-state index is 0.162. The zero-order valence-corrected chi connectivity index (χ0v) is 12.0. The molecule has 0 atom stereocenters. The van der Waals surface area contributed by atoms with Crippen LogP contribution in [-0.4, -0.2) is 4.92 Å². The summed E-state index contributed by atoms with van der Waals surface area (Å²) in [4.78, 5) is 11.1. The second-order valence-corrected chi connectivity index (χ2v) is 5.20. The van der Waals surface area contributed by atoms with Gasteiger partial charge in [0.2, 0.25) is 0 Å². The van der Waals surface area contributed by atoms with Crippen molar-refractivity contribution in [2.45, 2.75) is 13.8 Å². The molecule has 3 aromatic carbocycles. The lowest BCUT2D eigenvalue weighted by molar-refractivity contribution is -0.384. The molecule has 3 heteroatoms. The first kappa shape index (κ1) is 13.3. The lowest BCUT2D eigenvalue weighted by Crippen LogP contribution is -1.96. The van der Waals surface area contributed by atoms with E-state index in [9.17, 15) is 10.1 Å². The van der Waals surface area contributed by atoms with E-state index in [-0.39, 0.29) is 10.6 Å². The number of nitro benzene ring substituents is 1. The standard InChI is InChI=1S/C18H15NO2/c1-12-6-5-9-16(19(20)21)18(12)17-13(2)10-11-14-7-3-4-8-15(14)17/h3-11H,1-2H3. The summed E-state index contributed by atoms with van der Waals surface area (Å²) in [6, 6.07) is 17.3. The number of hydrogen-bond acceptors (Lipinski definition) is 2. The number of nitro groups is 1. The van der Waals surface area contributed by atoms with E-state index in [1.165, 1.54) is 0 Å². The molecule has 0 N–H and O–H groups in total. The normalized spacial score (nSPS) is 10.8. The first-order chi connectivity index (χ1) is 10.1. The van der Waals surface area contributed by atoms with Crippen LogP contribution in [0.1, 0.15) is 11.1 Å². The third-order valence-corrected chi connectivity index (χ3v) is 3.83. The van der Waals surface area contributed by atoms with Crippen LogP contribution >= 0.6 is 0 Å². The van der Waals surface area contributed by atoms with Crippen molar-refractivity contribution in [1.82, 2.24) is 0 Å². The van der Waals surface area contributed by atoms with Crippen LogP contribution < -0.4 is 0 Å². The highest BCUT2D eigenvalue weighted by Crippen LogP contribution is 2.39. The summed E-state index contributed by atoms with van der Waals surface area (Å²) in [5, 5.41) is 13.5. The molecule has 21 heavy (non-hydrogen) atoms. The van der Waals surface area contributed by atoms with Gasteiger partial charge in [-0.3, -0.25) is 10.1 Å². The Kier molecular flexibility index (Phi) is 3.18. The molecule has 0 bridgehead atoms. The molecular formula is C18H15NO2. The number of nitrogens with zero attached hydrogens (tertiary/aromatic N) is 1. The van der Waals surface area contributed by atoms with Crippen molar-refractivity contribution in [3.05, 3.63) is 75.8 Å². The largest absolute Gasteiger partial charge is 0.277 e. The van der Waals surface area contributed by atoms with Gasteiger partial charge < -0.3 is 0 Å². The van der Waals surface area contributed by atoms with E-state index in [4.69, 9.17) is 0 Å². The minimum atomic E-state index is -0.302. The SMILES string of the molecule is Cc1cccc([N+](=O)[O-])c1-c1c(C)ccc2ccccc12. The Morgan fingerprint density at radius 3 is 2.29 bits per heavy atom. The first-order valence-corrected chi connectivity index (χ1v) is 6.82. The van der Waals surface area contributed by atoms with Crippen molar-refractivity contribution < 1.29 is 4.92 Å². The molecule has 3 aromatic rings. The van der Waals surface area contributed by atoms with Crippen molar-refractivity contribution in [2.75, 3.05) is 0 Å². The molecule has 0 aliphatic heterocycles. The molecule has 0 aliphatic rings. The number of fused-ring (bicyclic) bond motifs is 1. The summed E-state index contributed by atoms with van der Waals surface area (Å²) in [6.45, 7) is 3.92. The Balaban J connectivity index is 2.46. The predicted octanol–water partition coefficient (Wildman–Crippen LogP) is 5.03. The van der Waals surface area contributed by atoms with Gasteiger partial charge in [0.05, 0.1) is 10.5 Å². The molecule has 0 aromatic heterocycles.